The molecule has 1 saturated heterocycles. The Bertz CT molecular complexity index is 1480. The van der Waals surface area contributed by atoms with E-state index in [9.17, 15) is 14.4 Å². The molecule has 38 heavy (non-hydrogen) atoms. The highest BCUT2D eigenvalue weighted by atomic mass is 35.5. The second-order valence-electron chi connectivity index (χ2n) is 9.75. The van der Waals surface area contributed by atoms with Crippen molar-refractivity contribution in [3.63, 3.8) is 0 Å². The Morgan fingerprint density at radius 2 is 1.74 bits per heavy atom. The van der Waals surface area contributed by atoms with E-state index < -0.39 is 0 Å². The van der Waals surface area contributed by atoms with Crippen molar-refractivity contribution in [2.75, 3.05) is 32.7 Å². The molecule has 1 amide bonds. The molecular weight excluding hydrogens is 499 g/mol. The summed E-state index contributed by atoms with van der Waals surface area (Å²) in [6.45, 7) is 6.83. The van der Waals surface area contributed by atoms with Crippen molar-refractivity contribution in [2.24, 2.45) is 0 Å². The van der Waals surface area contributed by atoms with Crippen molar-refractivity contribution in [2.45, 2.75) is 25.8 Å². The quantitative estimate of drug-likeness (QED) is 0.294. The van der Waals surface area contributed by atoms with Gasteiger partial charge < -0.3 is 14.4 Å². The first kappa shape index (κ1) is 26.0. The summed E-state index contributed by atoms with van der Waals surface area (Å²) < 4.78 is 15.6. The highest BCUT2D eigenvalue weighted by Crippen LogP contribution is 2.39. The monoisotopic (exact) mass is 528 g/mol. The number of nitriles is 1. The predicted molar refractivity (Wildman–Crippen MR) is 149 cm³/mol. The maximum Gasteiger partial charge on any atom is 0.223 e. The van der Waals surface area contributed by atoms with Gasteiger partial charge in [-0.05, 0) is 47.5 Å². The minimum atomic E-state index is -0.327. The number of piperazine rings is 1. The number of aromatic nitrogens is 1. The van der Waals surface area contributed by atoms with Crippen molar-refractivity contribution in [1.29, 1.82) is 5.26 Å². The van der Waals surface area contributed by atoms with Gasteiger partial charge in [0.25, 0.3) is 0 Å². The fraction of sp³-hybridized carbons (Fsp3) is 0.290. The number of amides is 1. The first-order valence-corrected chi connectivity index (χ1v) is 13.4. The molecule has 0 N–H and O–H groups in total. The van der Waals surface area contributed by atoms with Crippen LogP contribution in [0.5, 0.6) is 0 Å². The Kier molecular flexibility index (Phi) is 7.78. The van der Waals surface area contributed by atoms with Crippen LogP contribution in [0.2, 0.25) is 5.02 Å². The fourth-order valence-electron chi connectivity index (χ4n) is 5.38. The molecule has 0 radical (unpaired) electrons. The lowest BCUT2D eigenvalue weighted by Crippen LogP contribution is -2.48. The lowest BCUT2D eigenvalue weighted by molar-refractivity contribution is -0.133. The molecule has 2 heterocycles. The van der Waals surface area contributed by atoms with Gasteiger partial charge >= 0.3 is 0 Å². The van der Waals surface area contributed by atoms with Crippen LogP contribution in [0.3, 0.4) is 0 Å². The molecule has 1 aliphatic rings. The third-order valence-electron chi connectivity index (χ3n) is 7.54. The molecule has 0 bridgehead atoms. The average molecular weight is 529 g/mol. The van der Waals surface area contributed by atoms with Gasteiger partial charge in [0.15, 0.2) is 0 Å². The largest absolute Gasteiger partial charge is 0.343 e. The van der Waals surface area contributed by atoms with E-state index in [0.717, 1.165) is 47.2 Å². The Balaban J connectivity index is 1.56. The second-order valence-corrected chi connectivity index (χ2v) is 10.1. The van der Waals surface area contributed by atoms with Crippen molar-refractivity contribution >= 4 is 28.4 Å². The molecule has 5 nitrogen and oxygen atoms in total. The number of likely N-dealkylation sites (N-methyl/N-ethyl adjacent to an activating group) is 1. The highest BCUT2D eigenvalue weighted by molar-refractivity contribution is 6.32. The number of rotatable bonds is 7. The number of carbonyl (C=O) groups excluding carboxylic acids is 1. The summed E-state index contributed by atoms with van der Waals surface area (Å²) in [6, 6.07) is 22.2. The molecule has 1 unspecified atom stereocenters. The highest BCUT2D eigenvalue weighted by Gasteiger charge is 2.29. The fourth-order valence-corrected chi connectivity index (χ4v) is 5.68. The summed E-state index contributed by atoms with van der Waals surface area (Å²) >= 11 is 6.77. The van der Waals surface area contributed by atoms with Gasteiger partial charge in [0.1, 0.15) is 11.9 Å². The predicted octanol–water partition coefficient (Wildman–Crippen LogP) is 6.04. The van der Waals surface area contributed by atoms with Crippen LogP contribution in [0.4, 0.5) is 4.39 Å². The van der Waals surface area contributed by atoms with Gasteiger partial charge in [0.05, 0.1) is 10.6 Å². The minimum absolute atomic E-state index is 0.0829. The van der Waals surface area contributed by atoms with E-state index in [1.807, 2.05) is 29.2 Å². The number of hydrogen-bond donors (Lipinski definition) is 0. The van der Waals surface area contributed by atoms with E-state index in [2.05, 4.69) is 40.8 Å². The maximum atomic E-state index is 13.6. The van der Waals surface area contributed by atoms with E-state index in [0.29, 0.717) is 30.2 Å². The molecule has 1 aromatic heterocycles. The van der Waals surface area contributed by atoms with E-state index in [4.69, 9.17) is 11.6 Å². The van der Waals surface area contributed by atoms with Crippen LogP contribution >= 0.6 is 11.6 Å². The van der Waals surface area contributed by atoms with E-state index in [-0.39, 0.29) is 24.1 Å². The molecule has 0 spiro atoms. The summed E-state index contributed by atoms with van der Waals surface area (Å²) in [5.74, 6) is -0.511. The molecule has 1 aliphatic heterocycles. The molecular formula is C31H30ClFN4O. The lowest BCUT2D eigenvalue weighted by atomic mass is 9.87. The molecule has 194 valence electrons. The summed E-state index contributed by atoms with van der Waals surface area (Å²) in [5.41, 5.74) is 4.16. The third kappa shape index (κ3) is 5.31. The van der Waals surface area contributed by atoms with Crippen LogP contribution in [-0.4, -0.2) is 53.0 Å². The van der Waals surface area contributed by atoms with Gasteiger partial charge in [-0.2, -0.15) is 5.26 Å². The third-order valence-corrected chi connectivity index (χ3v) is 7.96. The zero-order valence-electron chi connectivity index (χ0n) is 21.4. The molecule has 1 fully saturated rings. The van der Waals surface area contributed by atoms with Crippen LogP contribution in [0.25, 0.3) is 10.9 Å². The van der Waals surface area contributed by atoms with E-state index in [1.54, 1.807) is 18.2 Å². The molecule has 0 saturated carbocycles. The summed E-state index contributed by atoms with van der Waals surface area (Å²) in [7, 11) is 0. The van der Waals surface area contributed by atoms with Crippen molar-refractivity contribution in [3.8, 4) is 6.07 Å². The van der Waals surface area contributed by atoms with Crippen LogP contribution in [0.1, 0.15) is 41.5 Å². The summed E-state index contributed by atoms with van der Waals surface area (Å²) in [4.78, 5) is 17.9. The first-order valence-electron chi connectivity index (χ1n) is 13.0. The van der Waals surface area contributed by atoms with Crippen molar-refractivity contribution in [1.82, 2.24) is 14.4 Å². The van der Waals surface area contributed by atoms with Gasteiger partial charge in [-0.15, -0.1) is 0 Å². The Labute approximate surface area is 227 Å². The number of hydrogen-bond acceptors (Lipinski definition) is 3. The van der Waals surface area contributed by atoms with E-state index >= 15 is 0 Å². The van der Waals surface area contributed by atoms with Gasteiger partial charge in [0, 0.05) is 62.2 Å². The zero-order valence-corrected chi connectivity index (χ0v) is 22.2. The van der Waals surface area contributed by atoms with Crippen molar-refractivity contribution < 1.29 is 9.18 Å². The molecule has 4 aromatic rings. The molecule has 7 heteroatoms. The van der Waals surface area contributed by atoms with Gasteiger partial charge in [-0.3, -0.25) is 4.79 Å². The topological polar surface area (TPSA) is 52.3 Å². The smallest absolute Gasteiger partial charge is 0.223 e. The van der Waals surface area contributed by atoms with E-state index in [1.165, 1.54) is 12.1 Å². The zero-order chi connectivity index (χ0) is 26.6. The second kappa shape index (κ2) is 11.4. The number of para-hydroxylation sites is 1. The lowest BCUT2D eigenvalue weighted by Gasteiger charge is -2.35. The Hall–Kier alpha value is -3.66. The Morgan fingerprint density at radius 3 is 2.45 bits per heavy atom. The van der Waals surface area contributed by atoms with Crippen LogP contribution < -0.4 is 0 Å². The summed E-state index contributed by atoms with van der Waals surface area (Å²) in [6.07, 6.45) is 2.33. The Morgan fingerprint density at radius 1 is 1.00 bits per heavy atom. The number of fused-ring (bicyclic) bond motifs is 1. The SMILES string of the molecule is CCN1CCN(C(=O)CC(c2cccc(C#N)c2Cl)c2cn(Cc3ccc(F)cc3)c3ccccc23)CC1. The summed E-state index contributed by atoms with van der Waals surface area (Å²) in [5, 5.41) is 11.1. The van der Waals surface area contributed by atoms with Crippen LogP contribution in [0.15, 0.2) is 72.9 Å². The van der Waals surface area contributed by atoms with Gasteiger partial charge in [0.2, 0.25) is 5.91 Å². The van der Waals surface area contributed by atoms with Crippen molar-refractivity contribution in [3.05, 3.63) is 106 Å². The number of nitrogens with zero attached hydrogens (tertiary/aromatic N) is 4. The molecule has 1 atom stereocenters. The molecule has 3 aromatic carbocycles. The maximum absolute atomic E-state index is 13.6. The molecule has 0 aliphatic carbocycles. The minimum Gasteiger partial charge on any atom is -0.343 e. The van der Waals surface area contributed by atoms with Gasteiger partial charge in [-0.25, -0.2) is 4.39 Å². The van der Waals surface area contributed by atoms with Gasteiger partial charge in [-0.1, -0.05) is 61.0 Å². The normalized spacial score (nSPS) is 14.9. The number of halogens is 2. The molecule has 5 rings (SSSR count). The van der Waals surface area contributed by atoms with Crippen LogP contribution in [0, 0.1) is 17.1 Å². The number of benzene rings is 3. The average Bonchev–Trinajstić information content (AvgIpc) is 3.31. The number of carbonyl (C=O) groups is 1. The standard InChI is InChI=1S/C31H30ClFN4O/c1-2-35-14-16-36(17-15-35)30(38)18-27(26-8-5-6-23(19-34)31(26)32)28-21-37(29-9-4-3-7-25(28)29)20-22-10-12-24(33)13-11-22/h3-13,21,27H,2,14-18,20H2,1H3. The van der Waals surface area contributed by atoms with Crippen LogP contribution in [-0.2, 0) is 11.3 Å². The first-order chi connectivity index (χ1) is 18.5.